The summed E-state index contributed by atoms with van der Waals surface area (Å²) in [6.07, 6.45) is 0. The van der Waals surface area contributed by atoms with Crippen molar-refractivity contribution < 1.29 is 0 Å². The zero-order valence-corrected chi connectivity index (χ0v) is 13.2. The Morgan fingerprint density at radius 2 is 1.90 bits per heavy atom. The molecule has 0 saturated carbocycles. The molecule has 4 nitrogen and oxygen atoms in total. The van der Waals surface area contributed by atoms with Crippen LogP contribution < -0.4 is 5.32 Å². The summed E-state index contributed by atoms with van der Waals surface area (Å²) in [5.41, 5.74) is 3.55. The number of rotatable bonds is 3. The first kappa shape index (κ1) is 13.7. The van der Waals surface area contributed by atoms with Gasteiger partial charge < -0.3 is 5.32 Å². The summed E-state index contributed by atoms with van der Waals surface area (Å²) in [6, 6.07) is 9.43. The molecule has 0 bridgehead atoms. The molecular formula is C15H12N4S2. The zero-order chi connectivity index (χ0) is 14.8. The smallest absolute Gasteiger partial charge is 0.187 e. The number of hydrogen-bond donors (Lipinski definition) is 1. The Balaban J connectivity index is 1.82. The van der Waals surface area contributed by atoms with E-state index in [0.29, 0.717) is 5.56 Å². The Labute approximate surface area is 130 Å². The normalized spacial score (nSPS) is 10.3. The highest BCUT2D eigenvalue weighted by Crippen LogP contribution is 2.32. The standard InChI is InChI=1S/C15H12N4S2/c1-9-14(21-10(2)17-9)13-8-20-15(19-13)18-12-5-3-11(7-16)4-6-12/h3-6,8H,1-2H3,(H,18,19). The van der Waals surface area contributed by atoms with Gasteiger partial charge in [-0.2, -0.15) is 5.26 Å². The Morgan fingerprint density at radius 3 is 2.52 bits per heavy atom. The van der Waals surface area contributed by atoms with Crippen molar-refractivity contribution in [2.45, 2.75) is 13.8 Å². The number of hydrogen-bond acceptors (Lipinski definition) is 6. The van der Waals surface area contributed by atoms with Crippen molar-refractivity contribution in [1.29, 1.82) is 5.26 Å². The highest BCUT2D eigenvalue weighted by Gasteiger charge is 2.11. The SMILES string of the molecule is Cc1nc(C)c(-c2csc(Nc3ccc(C#N)cc3)n2)s1. The maximum atomic E-state index is 8.79. The quantitative estimate of drug-likeness (QED) is 0.773. The largest absolute Gasteiger partial charge is 0.332 e. The van der Waals surface area contributed by atoms with Gasteiger partial charge in [-0.05, 0) is 38.1 Å². The molecule has 0 spiro atoms. The molecule has 104 valence electrons. The minimum Gasteiger partial charge on any atom is -0.332 e. The van der Waals surface area contributed by atoms with Crippen LogP contribution in [-0.4, -0.2) is 9.97 Å². The predicted octanol–water partition coefficient (Wildman–Crippen LogP) is 4.50. The number of aryl methyl sites for hydroxylation is 2. The molecule has 2 heterocycles. The molecule has 0 aliphatic rings. The van der Waals surface area contributed by atoms with Crippen molar-refractivity contribution in [1.82, 2.24) is 9.97 Å². The van der Waals surface area contributed by atoms with Crippen molar-refractivity contribution in [3.63, 3.8) is 0 Å². The molecule has 2 aromatic heterocycles. The van der Waals surface area contributed by atoms with Crippen LogP contribution in [0, 0.1) is 25.2 Å². The first-order chi connectivity index (χ1) is 10.2. The van der Waals surface area contributed by atoms with E-state index in [0.717, 1.165) is 32.1 Å². The molecule has 0 aliphatic heterocycles. The third-order valence-electron chi connectivity index (χ3n) is 2.91. The summed E-state index contributed by atoms with van der Waals surface area (Å²) >= 11 is 3.22. The fourth-order valence-electron chi connectivity index (χ4n) is 1.96. The molecule has 0 saturated heterocycles. The molecule has 0 unspecified atom stereocenters. The van der Waals surface area contributed by atoms with Crippen LogP contribution in [0.15, 0.2) is 29.6 Å². The van der Waals surface area contributed by atoms with Crippen LogP contribution in [0.3, 0.4) is 0 Å². The second-order valence-electron chi connectivity index (χ2n) is 4.50. The van der Waals surface area contributed by atoms with Gasteiger partial charge in [0, 0.05) is 11.1 Å². The van der Waals surface area contributed by atoms with Crippen molar-refractivity contribution in [2.75, 3.05) is 5.32 Å². The maximum absolute atomic E-state index is 8.79. The Hall–Kier alpha value is -2.23. The maximum Gasteiger partial charge on any atom is 0.187 e. The molecule has 0 atom stereocenters. The van der Waals surface area contributed by atoms with E-state index in [1.807, 2.05) is 31.4 Å². The van der Waals surface area contributed by atoms with E-state index in [1.165, 1.54) is 0 Å². The predicted molar refractivity (Wildman–Crippen MR) is 87.1 cm³/mol. The van der Waals surface area contributed by atoms with Crippen LogP contribution in [0.1, 0.15) is 16.3 Å². The minimum absolute atomic E-state index is 0.649. The summed E-state index contributed by atoms with van der Waals surface area (Å²) in [5.74, 6) is 0. The third-order valence-corrected chi connectivity index (χ3v) is 4.76. The lowest BCUT2D eigenvalue weighted by atomic mass is 10.2. The van der Waals surface area contributed by atoms with Gasteiger partial charge in [0.2, 0.25) is 0 Å². The zero-order valence-electron chi connectivity index (χ0n) is 11.5. The van der Waals surface area contributed by atoms with Gasteiger partial charge in [0.1, 0.15) is 0 Å². The Morgan fingerprint density at radius 1 is 1.14 bits per heavy atom. The fraction of sp³-hybridized carbons (Fsp3) is 0.133. The van der Waals surface area contributed by atoms with Gasteiger partial charge in [0.05, 0.1) is 32.9 Å². The van der Waals surface area contributed by atoms with E-state index in [2.05, 4.69) is 21.4 Å². The highest BCUT2D eigenvalue weighted by molar-refractivity contribution is 7.16. The minimum atomic E-state index is 0.649. The topological polar surface area (TPSA) is 61.6 Å². The van der Waals surface area contributed by atoms with Gasteiger partial charge in [-0.15, -0.1) is 22.7 Å². The lowest BCUT2D eigenvalue weighted by Crippen LogP contribution is -1.89. The molecule has 1 N–H and O–H groups in total. The first-order valence-electron chi connectivity index (χ1n) is 6.33. The monoisotopic (exact) mass is 312 g/mol. The Kier molecular flexibility index (Phi) is 3.69. The van der Waals surface area contributed by atoms with Crippen molar-refractivity contribution in [3.8, 4) is 16.6 Å². The number of anilines is 2. The lowest BCUT2D eigenvalue weighted by molar-refractivity contribution is 1.20. The molecule has 6 heteroatoms. The van der Waals surface area contributed by atoms with Gasteiger partial charge in [0.15, 0.2) is 5.13 Å². The van der Waals surface area contributed by atoms with E-state index >= 15 is 0 Å². The number of thiazole rings is 2. The van der Waals surface area contributed by atoms with Crippen LogP contribution >= 0.6 is 22.7 Å². The van der Waals surface area contributed by atoms with Gasteiger partial charge in [-0.3, -0.25) is 0 Å². The highest BCUT2D eigenvalue weighted by atomic mass is 32.1. The summed E-state index contributed by atoms with van der Waals surface area (Å²) in [5, 5.41) is 16.0. The molecule has 0 radical (unpaired) electrons. The number of nitrogens with one attached hydrogen (secondary N) is 1. The van der Waals surface area contributed by atoms with E-state index in [1.54, 1.807) is 34.8 Å². The molecule has 3 aromatic rings. The second kappa shape index (κ2) is 5.64. The molecule has 0 fully saturated rings. The van der Waals surface area contributed by atoms with Crippen LogP contribution in [-0.2, 0) is 0 Å². The van der Waals surface area contributed by atoms with E-state index in [9.17, 15) is 0 Å². The molecule has 0 amide bonds. The van der Waals surface area contributed by atoms with E-state index < -0.39 is 0 Å². The van der Waals surface area contributed by atoms with Crippen LogP contribution in [0.5, 0.6) is 0 Å². The third kappa shape index (κ3) is 2.94. The molecule has 0 aliphatic carbocycles. The number of nitriles is 1. The first-order valence-corrected chi connectivity index (χ1v) is 8.02. The van der Waals surface area contributed by atoms with Crippen LogP contribution in [0.4, 0.5) is 10.8 Å². The number of nitrogens with zero attached hydrogens (tertiary/aromatic N) is 3. The van der Waals surface area contributed by atoms with E-state index in [-0.39, 0.29) is 0 Å². The molecule has 1 aromatic carbocycles. The number of benzene rings is 1. The average molecular weight is 312 g/mol. The molecule has 21 heavy (non-hydrogen) atoms. The summed E-state index contributed by atoms with van der Waals surface area (Å²) in [7, 11) is 0. The van der Waals surface area contributed by atoms with Crippen molar-refractivity contribution in [3.05, 3.63) is 45.9 Å². The Bertz CT molecular complexity index is 809. The van der Waals surface area contributed by atoms with Crippen LogP contribution in [0.25, 0.3) is 10.6 Å². The lowest BCUT2D eigenvalue weighted by Gasteiger charge is -2.01. The van der Waals surface area contributed by atoms with E-state index in [4.69, 9.17) is 5.26 Å². The summed E-state index contributed by atoms with van der Waals surface area (Å²) in [4.78, 5) is 10.2. The van der Waals surface area contributed by atoms with Crippen LogP contribution in [0.2, 0.25) is 0 Å². The van der Waals surface area contributed by atoms with Gasteiger partial charge in [-0.25, -0.2) is 9.97 Å². The molecular weight excluding hydrogens is 300 g/mol. The van der Waals surface area contributed by atoms with Gasteiger partial charge in [-0.1, -0.05) is 0 Å². The molecule has 3 rings (SSSR count). The average Bonchev–Trinajstić information content (AvgIpc) is 3.06. The van der Waals surface area contributed by atoms with Crippen molar-refractivity contribution in [2.24, 2.45) is 0 Å². The van der Waals surface area contributed by atoms with Crippen molar-refractivity contribution >= 4 is 33.5 Å². The summed E-state index contributed by atoms with van der Waals surface area (Å²) < 4.78 is 0. The fourth-order valence-corrected chi connectivity index (χ4v) is 3.63. The second-order valence-corrected chi connectivity index (χ2v) is 6.56. The summed E-state index contributed by atoms with van der Waals surface area (Å²) in [6.45, 7) is 4.01. The van der Waals surface area contributed by atoms with Gasteiger partial charge >= 0.3 is 0 Å². The van der Waals surface area contributed by atoms with Gasteiger partial charge in [0.25, 0.3) is 0 Å². The number of aromatic nitrogens is 2.